The first-order valence-corrected chi connectivity index (χ1v) is 7.02. The highest BCUT2D eigenvalue weighted by Gasteiger charge is 2.32. The highest BCUT2D eigenvalue weighted by Crippen LogP contribution is 2.41. The van der Waals surface area contributed by atoms with E-state index in [1.807, 2.05) is 32.0 Å². The summed E-state index contributed by atoms with van der Waals surface area (Å²) in [6, 6.07) is 5.48. The molecule has 0 spiro atoms. The number of aliphatic hydroxyl groups is 2. The first-order chi connectivity index (χ1) is 9.16. The van der Waals surface area contributed by atoms with E-state index in [9.17, 15) is 10.2 Å². The van der Waals surface area contributed by atoms with Crippen LogP contribution in [0.2, 0.25) is 0 Å². The molecule has 0 aliphatic carbocycles. The van der Waals surface area contributed by atoms with Crippen molar-refractivity contribution in [3.05, 3.63) is 23.8 Å². The molecule has 2 N–H and O–H groups in total. The van der Waals surface area contributed by atoms with Gasteiger partial charge in [-0.15, -0.1) is 0 Å². The van der Waals surface area contributed by atoms with Gasteiger partial charge in [-0.1, -0.05) is 0 Å². The number of aliphatic hydroxyl groups excluding tert-OH is 1. The Morgan fingerprint density at radius 2 is 2.10 bits per heavy atom. The van der Waals surface area contributed by atoms with Gasteiger partial charge in [-0.25, -0.2) is 0 Å². The third-order valence-corrected chi connectivity index (χ3v) is 3.40. The molecule has 20 heavy (non-hydrogen) atoms. The number of benzene rings is 1. The van der Waals surface area contributed by atoms with E-state index in [1.54, 1.807) is 13.8 Å². The van der Waals surface area contributed by atoms with Crippen LogP contribution in [0.25, 0.3) is 0 Å². The molecular formula is C16H24O4. The van der Waals surface area contributed by atoms with Crippen LogP contribution in [-0.4, -0.2) is 28.0 Å². The SMILES string of the molecule is CC(C)(O)CCOc1ccc2c(c1)OC(C)(C)CC2O. The average Bonchev–Trinajstić information content (AvgIpc) is 2.24. The van der Waals surface area contributed by atoms with Crippen LogP contribution in [-0.2, 0) is 0 Å². The number of ether oxygens (including phenoxy) is 2. The van der Waals surface area contributed by atoms with Crippen LogP contribution in [0.3, 0.4) is 0 Å². The average molecular weight is 280 g/mol. The summed E-state index contributed by atoms with van der Waals surface area (Å²) in [5.74, 6) is 1.37. The minimum atomic E-state index is -0.733. The molecule has 0 bridgehead atoms. The summed E-state index contributed by atoms with van der Waals surface area (Å²) >= 11 is 0. The smallest absolute Gasteiger partial charge is 0.129 e. The number of rotatable bonds is 4. The molecular weight excluding hydrogens is 256 g/mol. The number of hydrogen-bond acceptors (Lipinski definition) is 4. The fourth-order valence-corrected chi connectivity index (χ4v) is 2.30. The van der Waals surface area contributed by atoms with E-state index in [0.29, 0.717) is 30.9 Å². The minimum absolute atomic E-state index is 0.377. The normalized spacial score (nSPS) is 21.0. The molecule has 112 valence electrons. The largest absolute Gasteiger partial charge is 0.493 e. The van der Waals surface area contributed by atoms with Crippen molar-refractivity contribution in [2.75, 3.05) is 6.61 Å². The molecule has 2 rings (SSSR count). The zero-order valence-corrected chi connectivity index (χ0v) is 12.6. The highest BCUT2D eigenvalue weighted by molar-refractivity contribution is 5.43. The summed E-state index contributed by atoms with van der Waals surface area (Å²) in [5, 5.41) is 19.8. The molecule has 1 aromatic carbocycles. The summed E-state index contributed by atoms with van der Waals surface area (Å²) in [7, 11) is 0. The van der Waals surface area contributed by atoms with Crippen molar-refractivity contribution in [1.82, 2.24) is 0 Å². The van der Waals surface area contributed by atoms with Gasteiger partial charge >= 0.3 is 0 Å². The maximum absolute atomic E-state index is 10.1. The minimum Gasteiger partial charge on any atom is -0.493 e. The lowest BCUT2D eigenvalue weighted by molar-refractivity contribution is 0.0112. The van der Waals surface area contributed by atoms with Crippen LogP contribution in [0, 0.1) is 0 Å². The second-order valence-corrected chi connectivity index (χ2v) is 6.69. The van der Waals surface area contributed by atoms with Gasteiger partial charge in [0.2, 0.25) is 0 Å². The molecule has 0 saturated carbocycles. The Labute approximate surface area is 120 Å². The third-order valence-electron chi connectivity index (χ3n) is 3.40. The van der Waals surface area contributed by atoms with Crippen molar-refractivity contribution in [2.45, 2.75) is 57.8 Å². The predicted octanol–water partition coefficient (Wildman–Crippen LogP) is 2.82. The Morgan fingerprint density at radius 3 is 2.75 bits per heavy atom. The number of hydrogen-bond donors (Lipinski definition) is 2. The fourth-order valence-electron chi connectivity index (χ4n) is 2.30. The molecule has 0 aromatic heterocycles. The molecule has 0 radical (unpaired) electrons. The Bertz CT molecular complexity index is 474. The van der Waals surface area contributed by atoms with E-state index in [-0.39, 0.29) is 5.60 Å². The van der Waals surface area contributed by atoms with E-state index >= 15 is 0 Å². The van der Waals surface area contributed by atoms with Crippen molar-refractivity contribution in [1.29, 1.82) is 0 Å². The first kappa shape index (κ1) is 15.1. The van der Waals surface area contributed by atoms with Crippen LogP contribution >= 0.6 is 0 Å². The Morgan fingerprint density at radius 1 is 1.40 bits per heavy atom. The summed E-state index contributed by atoms with van der Waals surface area (Å²) in [6.07, 6.45) is 0.636. The first-order valence-electron chi connectivity index (χ1n) is 7.02. The molecule has 1 atom stereocenters. The van der Waals surface area contributed by atoms with Crippen LogP contribution in [0.4, 0.5) is 0 Å². The van der Waals surface area contributed by atoms with Crippen molar-refractivity contribution >= 4 is 0 Å². The molecule has 1 heterocycles. The summed E-state index contributed by atoms with van der Waals surface area (Å²) in [5.41, 5.74) is -0.305. The lowest BCUT2D eigenvalue weighted by Gasteiger charge is -2.35. The molecule has 0 amide bonds. The molecule has 1 aliphatic heterocycles. The quantitative estimate of drug-likeness (QED) is 0.890. The monoisotopic (exact) mass is 280 g/mol. The Hall–Kier alpha value is -1.26. The van der Waals surface area contributed by atoms with E-state index in [0.717, 1.165) is 5.56 Å². The lowest BCUT2D eigenvalue weighted by Crippen LogP contribution is -2.34. The van der Waals surface area contributed by atoms with Crippen molar-refractivity contribution < 1.29 is 19.7 Å². The molecule has 1 unspecified atom stereocenters. The van der Waals surface area contributed by atoms with Crippen LogP contribution in [0.5, 0.6) is 11.5 Å². The van der Waals surface area contributed by atoms with Gasteiger partial charge in [0.25, 0.3) is 0 Å². The Kier molecular flexibility index (Phi) is 3.98. The van der Waals surface area contributed by atoms with Crippen LogP contribution in [0.15, 0.2) is 18.2 Å². The molecule has 0 fully saturated rings. The van der Waals surface area contributed by atoms with Gasteiger partial charge in [0.05, 0.1) is 18.3 Å². The molecule has 4 heteroatoms. The van der Waals surface area contributed by atoms with Crippen molar-refractivity contribution in [3.8, 4) is 11.5 Å². The summed E-state index contributed by atoms with van der Waals surface area (Å²) < 4.78 is 11.5. The molecule has 0 saturated heterocycles. The molecule has 1 aromatic rings. The zero-order chi connectivity index (χ0) is 15.0. The predicted molar refractivity (Wildman–Crippen MR) is 77.1 cm³/mol. The number of fused-ring (bicyclic) bond motifs is 1. The second-order valence-electron chi connectivity index (χ2n) is 6.69. The third kappa shape index (κ3) is 3.87. The fraction of sp³-hybridized carbons (Fsp3) is 0.625. The highest BCUT2D eigenvalue weighted by atomic mass is 16.5. The topological polar surface area (TPSA) is 58.9 Å². The van der Waals surface area contributed by atoms with Crippen LogP contribution in [0.1, 0.15) is 52.2 Å². The van der Waals surface area contributed by atoms with Gasteiger partial charge in [-0.3, -0.25) is 0 Å². The molecule has 4 nitrogen and oxygen atoms in total. The van der Waals surface area contributed by atoms with E-state index in [2.05, 4.69) is 0 Å². The van der Waals surface area contributed by atoms with E-state index < -0.39 is 11.7 Å². The van der Waals surface area contributed by atoms with Gasteiger partial charge in [0.1, 0.15) is 17.1 Å². The molecule has 1 aliphatic rings. The lowest BCUT2D eigenvalue weighted by atomic mass is 9.92. The standard InChI is InChI=1S/C16H24O4/c1-15(2,18)7-8-19-11-5-6-12-13(17)10-16(3,4)20-14(12)9-11/h5-6,9,13,17-18H,7-8,10H2,1-4H3. The van der Waals surface area contributed by atoms with Crippen molar-refractivity contribution in [2.24, 2.45) is 0 Å². The van der Waals surface area contributed by atoms with Gasteiger partial charge in [-0.05, 0) is 39.8 Å². The zero-order valence-electron chi connectivity index (χ0n) is 12.6. The summed E-state index contributed by atoms with van der Waals surface area (Å²) in [4.78, 5) is 0. The van der Waals surface area contributed by atoms with E-state index in [1.165, 1.54) is 0 Å². The second kappa shape index (κ2) is 5.26. The van der Waals surface area contributed by atoms with Gasteiger partial charge in [0, 0.05) is 24.5 Å². The summed E-state index contributed by atoms with van der Waals surface area (Å²) in [6.45, 7) is 7.87. The van der Waals surface area contributed by atoms with E-state index in [4.69, 9.17) is 9.47 Å². The van der Waals surface area contributed by atoms with Gasteiger partial charge < -0.3 is 19.7 Å². The van der Waals surface area contributed by atoms with Crippen molar-refractivity contribution in [3.63, 3.8) is 0 Å². The van der Waals surface area contributed by atoms with Gasteiger partial charge in [0.15, 0.2) is 0 Å². The van der Waals surface area contributed by atoms with Gasteiger partial charge in [-0.2, -0.15) is 0 Å². The maximum Gasteiger partial charge on any atom is 0.129 e. The van der Waals surface area contributed by atoms with Crippen LogP contribution < -0.4 is 9.47 Å². The Balaban J connectivity index is 2.08. The maximum atomic E-state index is 10.1.